The second-order valence-corrected chi connectivity index (χ2v) is 5.75. The molecule has 2 aromatic rings. The van der Waals surface area contributed by atoms with Crippen LogP contribution >= 0.6 is 31.9 Å². The Balaban J connectivity index is 2.10. The fourth-order valence-electron chi connectivity index (χ4n) is 1.64. The van der Waals surface area contributed by atoms with E-state index in [9.17, 15) is 4.79 Å². The normalized spacial score (nSPS) is 10.2. The lowest BCUT2D eigenvalue weighted by molar-refractivity contribution is 0.0697. The standard InChI is InChI=1S/C14H11Br2NO2/c15-11-4-5-13(12(16)7-11)17-8-9-2-1-3-10(6-9)14(18)19/h1-7,17H,8H2,(H,18,19). The van der Waals surface area contributed by atoms with Crippen LogP contribution in [0.15, 0.2) is 51.4 Å². The van der Waals surface area contributed by atoms with Crippen molar-refractivity contribution in [2.75, 3.05) is 5.32 Å². The molecule has 0 spiro atoms. The van der Waals surface area contributed by atoms with Crippen LogP contribution in [0, 0.1) is 0 Å². The van der Waals surface area contributed by atoms with E-state index in [0.29, 0.717) is 12.1 Å². The molecular formula is C14H11Br2NO2. The van der Waals surface area contributed by atoms with E-state index < -0.39 is 5.97 Å². The van der Waals surface area contributed by atoms with E-state index in [-0.39, 0.29) is 0 Å². The summed E-state index contributed by atoms with van der Waals surface area (Å²) in [5.41, 5.74) is 2.19. The lowest BCUT2D eigenvalue weighted by Gasteiger charge is -2.09. The van der Waals surface area contributed by atoms with E-state index in [1.807, 2.05) is 24.3 Å². The van der Waals surface area contributed by atoms with Crippen molar-refractivity contribution < 1.29 is 9.90 Å². The van der Waals surface area contributed by atoms with Gasteiger partial charge >= 0.3 is 5.97 Å². The van der Waals surface area contributed by atoms with Gasteiger partial charge in [0.25, 0.3) is 0 Å². The number of benzene rings is 2. The third-order valence-corrected chi connectivity index (χ3v) is 3.74. The number of halogens is 2. The summed E-state index contributed by atoms with van der Waals surface area (Å²) in [7, 11) is 0. The summed E-state index contributed by atoms with van der Waals surface area (Å²) in [6.07, 6.45) is 0. The highest BCUT2D eigenvalue weighted by atomic mass is 79.9. The summed E-state index contributed by atoms with van der Waals surface area (Å²) in [4.78, 5) is 10.9. The third-order valence-electron chi connectivity index (χ3n) is 2.59. The number of carboxylic acid groups (broad SMARTS) is 1. The Bertz CT molecular complexity index is 614. The molecular weight excluding hydrogens is 374 g/mol. The quantitative estimate of drug-likeness (QED) is 0.814. The minimum Gasteiger partial charge on any atom is -0.478 e. The predicted molar refractivity (Wildman–Crippen MR) is 82.6 cm³/mol. The number of carboxylic acids is 1. The molecule has 0 bridgehead atoms. The molecule has 0 amide bonds. The van der Waals surface area contributed by atoms with Gasteiger partial charge in [-0.15, -0.1) is 0 Å². The maximum atomic E-state index is 10.9. The smallest absolute Gasteiger partial charge is 0.335 e. The van der Waals surface area contributed by atoms with Gasteiger partial charge in [-0.2, -0.15) is 0 Å². The van der Waals surface area contributed by atoms with Crippen molar-refractivity contribution in [1.82, 2.24) is 0 Å². The summed E-state index contributed by atoms with van der Waals surface area (Å²) < 4.78 is 1.95. The second-order valence-electron chi connectivity index (χ2n) is 3.98. The molecule has 0 aliphatic heterocycles. The maximum absolute atomic E-state index is 10.9. The maximum Gasteiger partial charge on any atom is 0.335 e. The number of anilines is 1. The number of aromatic carboxylic acids is 1. The number of carbonyl (C=O) groups is 1. The SMILES string of the molecule is O=C(O)c1cccc(CNc2ccc(Br)cc2Br)c1. The van der Waals surface area contributed by atoms with Gasteiger partial charge in [0.2, 0.25) is 0 Å². The van der Waals surface area contributed by atoms with Crippen LogP contribution in [0.5, 0.6) is 0 Å². The van der Waals surface area contributed by atoms with E-state index in [2.05, 4.69) is 37.2 Å². The molecule has 19 heavy (non-hydrogen) atoms. The molecule has 0 saturated carbocycles. The van der Waals surface area contributed by atoms with Gasteiger partial charge < -0.3 is 10.4 Å². The summed E-state index contributed by atoms with van der Waals surface area (Å²) in [6, 6.07) is 12.7. The molecule has 2 rings (SSSR count). The zero-order valence-corrected chi connectivity index (χ0v) is 13.0. The molecule has 0 atom stereocenters. The second kappa shape index (κ2) is 6.21. The molecule has 0 saturated heterocycles. The van der Waals surface area contributed by atoms with Crippen LogP contribution in [0.4, 0.5) is 5.69 Å². The van der Waals surface area contributed by atoms with Crippen molar-refractivity contribution in [1.29, 1.82) is 0 Å². The Morgan fingerprint density at radius 1 is 1.16 bits per heavy atom. The summed E-state index contributed by atoms with van der Waals surface area (Å²) >= 11 is 6.87. The van der Waals surface area contributed by atoms with Crippen LogP contribution in [0.3, 0.4) is 0 Å². The monoisotopic (exact) mass is 383 g/mol. The van der Waals surface area contributed by atoms with Gasteiger partial charge in [-0.3, -0.25) is 0 Å². The van der Waals surface area contributed by atoms with Crippen molar-refractivity contribution in [3.63, 3.8) is 0 Å². The number of nitrogens with one attached hydrogen (secondary N) is 1. The highest BCUT2D eigenvalue weighted by molar-refractivity contribution is 9.11. The summed E-state index contributed by atoms with van der Waals surface area (Å²) in [5.74, 6) is -0.910. The molecule has 0 fully saturated rings. The largest absolute Gasteiger partial charge is 0.478 e. The van der Waals surface area contributed by atoms with E-state index >= 15 is 0 Å². The van der Waals surface area contributed by atoms with Crippen molar-refractivity contribution in [3.8, 4) is 0 Å². The highest BCUT2D eigenvalue weighted by Crippen LogP contribution is 2.26. The summed E-state index contributed by atoms with van der Waals surface area (Å²) in [5, 5.41) is 12.2. The molecule has 0 aromatic heterocycles. The fraction of sp³-hybridized carbons (Fsp3) is 0.0714. The Hall–Kier alpha value is -1.33. The Morgan fingerprint density at radius 2 is 1.95 bits per heavy atom. The molecule has 3 nitrogen and oxygen atoms in total. The average Bonchev–Trinajstić information content (AvgIpc) is 2.38. The van der Waals surface area contributed by atoms with E-state index in [1.54, 1.807) is 18.2 Å². The van der Waals surface area contributed by atoms with Crippen molar-refractivity contribution in [2.24, 2.45) is 0 Å². The van der Waals surface area contributed by atoms with Crippen LogP contribution in [-0.2, 0) is 6.54 Å². The first-order valence-corrected chi connectivity index (χ1v) is 7.16. The van der Waals surface area contributed by atoms with Crippen LogP contribution in [0.1, 0.15) is 15.9 Å². The van der Waals surface area contributed by atoms with E-state index in [1.165, 1.54) is 0 Å². The van der Waals surface area contributed by atoms with Crippen molar-refractivity contribution in [2.45, 2.75) is 6.54 Å². The minimum atomic E-state index is -0.910. The first kappa shape index (κ1) is 14.1. The van der Waals surface area contributed by atoms with Crippen LogP contribution in [0.2, 0.25) is 0 Å². The molecule has 0 unspecified atom stereocenters. The topological polar surface area (TPSA) is 49.3 Å². The molecule has 5 heteroatoms. The Morgan fingerprint density at radius 3 is 2.63 bits per heavy atom. The van der Waals surface area contributed by atoms with E-state index in [4.69, 9.17) is 5.11 Å². The lowest BCUT2D eigenvalue weighted by Crippen LogP contribution is -2.02. The third kappa shape index (κ3) is 3.81. The Kier molecular flexibility index (Phi) is 4.61. The van der Waals surface area contributed by atoms with Crippen molar-refractivity contribution >= 4 is 43.5 Å². The first-order valence-electron chi connectivity index (χ1n) is 5.57. The Labute approximate surface area is 127 Å². The lowest BCUT2D eigenvalue weighted by atomic mass is 10.1. The number of hydrogen-bond donors (Lipinski definition) is 2. The number of rotatable bonds is 4. The van der Waals surface area contributed by atoms with Gasteiger partial charge in [-0.1, -0.05) is 28.1 Å². The molecule has 2 N–H and O–H groups in total. The fourth-order valence-corrected chi connectivity index (χ4v) is 2.83. The predicted octanol–water partition coefficient (Wildman–Crippen LogP) is 4.52. The molecule has 0 heterocycles. The molecule has 98 valence electrons. The van der Waals surface area contributed by atoms with Gasteiger partial charge in [-0.25, -0.2) is 4.79 Å². The first-order chi connectivity index (χ1) is 9.06. The van der Waals surface area contributed by atoms with Gasteiger partial charge in [0.15, 0.2) is 0 Å². The zero-order chi connectivity index (χ0) is 13.8. The van der Waals surface area contributed by atoms with Gasteiger partial charge in [0.05, 0.1) is 5.56 Å². The average molecular weight is 385 g/mol. The molecule has 0 radical (unpaired) electrons. The van der Waals surface area contributed by atoms with E-state index in [0.717, 1.165) is 20.2 Å². The molecule has 0 aliphatic rings. The van der Waals surface area contributed by atoms with Gasteiger partial charge in [0, 0.05) is 21.2 Å². The minimum absolute atomic E-state index is 0.300. The van der Waals surface area contributed by atoms with Crippen LogP contribution < -0.4 is 5.32 Å². The van der Waals surface area contributed by atoms with Gasteiger partial charge in [-0.05, 0) is 51.8 Å². The molecule has 0 aliphatic carbocycles. The highest BCUT2D eigenvalue weighted by Gasteiger charge is 2.04. The van der Waals surface area contributed by atoms with Crippen molar-refractivity contribution in [3.05, 3.63) is 62.5 Å². The number of hydrogen-bond acceptors (Lipinski definition) is 2. The van der Waals surface area contributed by atoms with Crippen LogP contribution in [-0.4, -0.2) is 11.1 Å². The molecule has 2 aromatic carbocycles. The van der Waals surface area contributed by atoms with Gasteiger partial charge in [0.1, 0.15) is 0 Å². The zero-order valence-electron chi connectivity index (χ0n) is 9.86. The summed E-state index contributed by atoms with van der Waals surface area (Å²) in [6.45, 7) is 0.571. The van der Waals surface area contributed by atoms with Crippen LogP contribution in [0.25, 0.3) is 0 Å².